The van der Waals surface area contributed by atoms with Gasteiger partial charge in [0, 0.05) is 45.3 Å². The SMILES string of the molecule is CC(C)(C)OC(=O)N1CCN(C(=O)CN2CCC(Nc3ncnc4c3OCCN4c3ccc(C#N)cc3F)CC2)CC1. The van der Waals surface area contributed by atoms with E-state index in [1.807, 2.05) is 31.7 Å². The van der Waals surface area contributed by atoms with Crippen LogP contribution in [-0.4, -0.2) is 107 Å². The molecule has 2 amide bonds. The lowest BCUT2D eigenvalue weighted by Crippen LogP contribution is -2.54. The van der Waals surface area contributed by atoms with E-state index in [1.165, 1.54) is 12.4 Å². The van der Waals surface area contributed by atoms with Gasteiger partial charge in [-0.3, -0.25) is 9.69 Å². The second-order valence-corrected chi connectivity index (χ2v) is 11.7. The average molecular weight is 581 g/mol. The summed E-state index contributed by atoms with van der Waals surface area (Å²) in [4.78, 5) is 41.4. The monoisotopic (exact) mass is 580 g/mol. The average Bonchev–Trinajstić information content (AvgIpc) is 2.97. The summed E-state index contributed by atoms with van der Waals surface area (Å²) in [6, 6.07) is 6.45. The van der Waals surface area contributed by atoms with Gasteiger partial charge in [0.25, 0.3) is 0 Å². The van der Waals surface area contributed by atoms with Crippen molar-refractivity contribution >= 4 is 29.3 Å². The first kappa shape index (κ1) is 29.3. The third-order valence-electron chi connectivity index (χ3n) is 7.54. The van der Waals surface area contributed by atoms with Gasteiger partial charge >= 0.3 is 6.09 Å². The number of hydrogen-bond donors (Lipinski definition) is 1. The lowest BCUT2D eigenvalue weighted by atomic mass is 10.0. The van der Waals surface area contributed by atoms with E-state index >= 15 is 0 Å². The minimum atomic E-state index is -0.545. The van der Waals surface area contributed by atoms with Crippen molar-refractivity contribution in [1.29, 1.82) is 5.26 Å². The Morgan fingerprint density at radius 1 is 1.10 bits per heavy atom. The summed E-state index contributed by atoms with van der Waals surface area (Å²) in [7, 11) is 0. The molecule has 0 unspecified atom stereocenters. The van der Waals surface area contributed by atoms with Gasteiger partial charge in [-0.25, -0.2) is 19.2 Å². The number of halogens is 1. The molecule has 1 aromatic carbocycles. The molecule has 1 aromatic heterocycles. The molecule has 2 fully saturated rings. The van der Waals surface area contributed by atoms with Crippen LogP contribution in [0.25, 0.3) is 0 Å². The number of amides is 2. The van der Waals surface area contributed by atoms with Crippen LogP contribution in [0.15, 0.2) is 24.5 Å². The maximum Gasteiger partial charge on any atom is 0.410 e. The van der Waals surface area contributed by atoms with E-state index in [-0.39, 0.29) is 23.6 Å². The van der Waals surface area contributed by atoms with Gasteiger partial charge in [0.05, 0.1) is 30.4 Å². The number of benzene rings is 1. The fraction of sp³-hybridized carbons (Fsp3) is 0.552. The molecular formula is C29H37FN8O4. The summed E-state index contributed by atoms with van der Waals surface area (Å²) < 4.78 is 26.2. The molecule has 0 atom stereocenters. The van der Waals surface area contributed by atoms with Crippen LogP contribution >= 0.6 is 0 Å². The number of anilines is 3. The van der Waals surface area contributed by atoms with Crippen molar-refractivity contribution in [3.63, 3.8) is 0 Å². The van der Waals surface area contributed by atoms with Crippen LogP contribution in [0.1, 0.15) is 39.2 Å². The van der Waals surface area contributed by atoms with E-state index < -0.39 is 11.4 Å². The Morgan fingerprint density at radius 2 is 1.81 bits per heavy atom. The number of nitrogens with one attached hydrogen (secondary N) is 1. The third kappa shape index (κ3) is 6.82. The summed E-state index contributed by atoms with van der Waals surface area (Å²) >= 11 is 0. The van der Waals surface area contributed by atoms with Crippen molar-refractivity contribution < 1.29 is 23.5 Å². The van der Waals surface area contributed by atoms with Crippen LogP contribution < -0.4 is 15.0 Å². The molecule has 3 aliphatic heterocycles. The number of nitrogens with zero attached hydrogens (tertiary/aromatic N) is 7. The Bertz CT molecular complexity index is 1340. The van der Waals surface area contributed by atoms with Crippen molar-refractivity contribution in [2.75, 3.05) is 69.2 Å². The van der Waals surface area contributed by atoms with Crippen molar-refractivity contribution in [3.05, 3.63) is 35.9 Å². The Hall–Kier alpha value is -4.18. The number of carbonyl (C=O) groups is 2. The molecule has 3 aliphatic rings. The molecule has 42 heavy (non-hydrogen) atoms. The predicted octanol–water partition coefficient (Wildman–Crippen LogP) is 2.97. The van der Waals surface area contributed by atoms with Crippen LogP contribution in [0.3, 0.4) is 0 Å². The number of likely N-dealkylation sites (tertiary alicyclic amines) is 1. The largest absolute Gasteiger partial charge is 0.485 e. The van der Waals surface area contributed by atoms with Crippen LogP contribution in [0, 0.1) is 17.1 Å². The molecule has 1 N–H and O–H groups in total. The summed E-state index contributed by atoms with van der Waals surface area (Å²) in [6.07, 6.45) is 2.72. The lowest BCUT2D eigenvalue weighted by molar-refractivity contribution is -0.134. The quantitative estimate of drug-likeness (QED) is 0.564. The molecular weight excluding hydrogens is 543 g/mol. The summed E-state index contributed by atoms with van der Waals surface area (Å²) in [5.41, 5.74) is 0.0348. The summed E-state index contributed by atoms with van der Waals surface area (Å²) in [5.74, 6) is 1.06. The molecule has 0 saturated carbocycles. The van der Waals surface area contributed by atoms with Crippen LogP contribution in [0.4, 0.5) is 26.5 Å². The van der Waals surface area contributed by atoms with E-state index in [0.717, 1.165) is 25.9 Å². The molecule has 0 radical (unpaired) electrons. The van der Waals surface area contributed by atoms with E-state index in [4.69, 9.17) is 14.7 Å². The zero-order valence-corrected chi connectivity index (χ0v) is 24.3. The molecule has 2 saturated heterocycles. The molecule has 0 spiro atoms. The minimum Gasteiger partial charge on any atom is -0.485 e. The van der Waals surface area contributed by atoms with Gasteiger partial charge in [0.15, 0.2) is 11.6 Å². The summed E-state index contributed by atoms with van der Waals surface area (Å²) in [6.45, 7) is 10.0. The normalized spacial score (nSPS) is 18.1. The lowest BCUT2D eigenvalue weighted by Gasteiger charge is -2.37. The number of aromatic nitrogens is 2. The Balaban J connectivity index is 1.12. The smallest absolute Gasteiger partial charge is 0.410 e. The first-order valence-electron chi connectivity index (χ1n) is 14.3. The van der Waals surface area contributed by atoms with E-state index in [1.54, 1.807) is 21.9 Å². The number of piperazine rings is 1. The number of rotatable bonds is 5. The van der Waals surface area contributed by atoms with Crippen molar-refractivity contribution in [2.45, 2.75) is 45.3 Å². The zero-order chi connectivity index (χ0) is 29.9. The number of carbonyl (C=O) groups excluding carboxylic acids is 2. The molecule has 13 heteroatoms. The van der Waals surface area contributed by atoms with Crippen LogP contribution in [-0.2, 0) is 9.53 Å². The van der Waals surface area contributed by atoms with Gasteiger partial charge in [-0.2, -0.15) is 5.26 Å². The highest BCUT2D eigenvalue weighted by molar-refractivity contribution is 5.79. The standard InChI is InChI=1S/C29H37FN8O4/c1-29(2,3)42-28(40)37-12-10-36(11-13-37)24(39)18-35-8-6-21(7-9-35)34-26-25-27(33-19-32-26)38(14-15-41-25)23-5-4-20(17-31)16-22(23)30/h4-5,16,19,21H,6-15,18H2,1-3H3,(H,32,33,34). The van der Waals surface area contributed by atoms with Gasteiger partial charge in [-0.05, 0) is 51.8 Å². The second-order valence-electron chi connectivity index (χ2n) is 11.7. The van der Waals surface area contributed by atoms with Gasteiger partial charge < -0.3 is 29.5 Å². The molecule has 5 rings (SSSR count). The first-order chi connectivity index (χ1) is 20.1. The van der Waals surface area contributed by atoms with Crippen LogP contribution in [0.5, 0.6) is 5.75 Å². The van der Waals surface area contributed by atoms with Gasteiger partial charge in [0.1, 0.15) is 24.4 Å². The molecule has 2 aromatic rings. The van der Waals surface area contributed by atoms with Gasteiger partial charge in [-0.1, -0.05) is 0 Å². The second kappa shape index (κ2) is 12.4. The third-order valence-corrected chi connectivity index (χ3v) is 7.54. The summed E-state index contributed by atoms with van der Waals surface area (Å²) in [5, 5.41) is 12.5. The maximum atomic E-state index is 14.8. The van der Waals surface area contributed by atoms with Crippen molar-refractivity contribution in [3.8, 4) is 11.8 Å². The number of fused-ring (bicyclic) bond motifs is 1. The van der Waals surface area contributed by atoms with Crippen LogP contribution in [0.2, 0.25) is 0 Å². The molecule has 4 heterocycles. The maximum absolute atomic E-state index is 14.8. The van der Waals surface area contributed by atoms with E-state index in [9.17, 15) is 14.0 Å². The Labute approximate surface area is 245 Å². The topological polar surface area (TPSA) is 127 Å². The molecule has 12 nitrogen and oxygen atoms in total. The minimum absolute atomic E-state index is 0.0682. The van der Waals surface area contributed by atoms with E-state index in [0.29, 0.717) is 68.9 Å². The number of hydrogen-bond acceptors (Lipinski definition) is 10. The molecule has 0 aliphatic carbocycles. The van der Waals surface area contributed by atoms with Gasteiger partial charge in [-0.15, -0.1) is 0 Å². The zero-order valence-electron chi connectivity index (χ0n) is 24.3. The Kier molecular flexibility index (Phi) is 8.63. The number of piperidine rings is 1. The first-order valence-corrected chi connectivity index (χ1v) is 14.3. The highest BCUT2D eigenvalue weighted by atomic mass is 19.1. The number of nitriles is 1. The molecule has 0 bridgehead atoms. The highest BCUT2D eigenvalue weighted by Gasteiger charge is 2.31. The Morgan fingerprint density at radius 3 is 2.48 bits per heavy atom. The van der Waals surface area contributed by atoms with E-state index in [2.05, 4.69) is 20.2 Å². The highest BCUT2D eigenvalue weighted by Crippen LogP contribution is 2.40. The fourth-order valence-electron chi connectivity index (χ4n) is 5.35. The fourth-order valence-corrected chi connectivity index (χ4v) is 5.35. The molecule has 224 valence electrons. The predicted molar refractivity (Wildman–Crippen MR) is 153 cm³/mol. The van der Waals surface area contributed by atoms with Gasteiger partial charge in [0.2, 0.25) is 11.7 Å². The van der Waals surface area contributed by atoms with Crippen molar-refractivity contribution in [2.24, 2.45) is 0 Å². The number of ether oxygens (including phenoxy) is 2. The van der Waals surface area contributed by atoms with Crippen molar-refractivity contribution in [1.82, 2.24) is 24.7 Å².